The molecule has 250 valence electrons. The Morgan fingerprint density at radius 3 is 2.30 bits per heavy atom. The molecular weight excluding hydrogens is 602 g/mol. The second kappa shape index (κ2) is 16.1. The van der Waals surface area contributed by atoms with Crippen molar-refractivity contribution in [2.45, 2.75) is 70.9 Å². The zero-order valence-corrected chi connectivity index (χ0v) is 26.8. The summed E-state index contributed by atoms with van der Waals surface area (Å²) in [5.74, 6) is -2.16. The average molecular weight is 646 g/mol. The third-order valence-corrected chi connectivity index (χ3v) is 7.81. The fourth-order valence-electron chi connectivity index (χ4n) is 5.52. The van der Waals surface area contributed by atoms with Crippen LogP contribution < -0.4 is 21.3 Å². The lowest BCUT2D eigenvalue weighted by Crippen LogP contribution is -2.53. The Kier molecular flexibility index (Phi) is 11.9. The standard InChI is InChI=1S/C35H43N5O7/c1-22(2)16-28(31(41)18-32(42)43)37-33(44)29(38-35(46)47-20-24-10-5-4-6-11-24)17-26-19-39(34(45)23(3)36)21-40(26)30-15-9-13-25-12-7-8-14-27(25)30/h4-15,19,22-23,28-29,31,41H,16-18,20-21,36H2,1-3H3,(H,37,44)(H,38,46)(H,42,43)/t23-,28-,29+,31-/m0/s1. The Morgan fingerprint density at radius 1 is 0.936 bits per heavy atom. The van der Waals surface area contributed by atoms with Crippen molar-refractivity contribution in [2.24, 2.45) is 11.7 Å². The molecule has 4 rings (SSSR count). The average Bonchev–Trinajstić information content (AvgIpc) is 3.45. The molecule has 0 saturated heterocycles. The number of aliphatic hydroxyl groups is 1. The fourth-order valence-corrected chi connectivity index (χ4v) is 5.52. The number of carboxylic acid groups (broad SMARTS) is 1. The summed E-state index contributed by atoms with van der Waals surface area (Å²) >= 11 is 0. The van der Waals surface area contributed by atoms with E-state index >= 15 is 0 Å². The molecule has 6 N–H and O–H groups in total. The summed E-state index contributed by atoms with van der Waals surface area (Å²) in [6.45, 7) is 5.46. The number of carbonyl (C=O) groups is 4. The molecule has 0 fully saturated rings. The van der Waals surface area contributed by atoms with E-state index in [2.05, 4.69) is 10.6 Å². The predicted octanol–water partition coefficient (Wildman–Crippen LogP) is 3.69. The van der Waals surface area contributed by atoms with E-state index in [9.17, 15) is 29.4 Å². The van der Waals surface area contributed by atoms with Crippen molar-refractivity contribution >= 4 is 40.3 Å². The summed E-state index contributed by atoms with van der Waals surface area (Å²) in [6, 6.07) is 19.7. The minimum atomic E-state index is -1.36. The Bertz CT molecular complexity index is 1590. The molecule has 47 heavy (non-hydrogen) atoms. The van der Waals surface area contributed by atoms with Gasteiger partial charge in [0.05, 0.1) is 30.3 Å². The maximum absolute atomic E-state index is 13.9. The second-order valence-corrected chi connectivity index (χ2v) is 12.2. The zero-order chi connectivity index (χ0) is 34.1. The summed E-state index contributed by atoms with van der Waals surface area (Å²) in [4.78, 5) is 54.8. The minimum Gasteiger partial charge on any atom is -0.481 e. The van der Waals surface area contributed by atoms with E-state index in [1.54, 1.807) is 25.3 Å². The molecule has 4 atom stereocenters. The van der Waals surface area contributed by atoms with Crippen LogP contribution in [-0.4, -0.2) is 69.9 Å². The molecule has 0 bridgehead atoms. The monoisotopic (exact) mass is 645 g/mol. The lowest BCUT2D eigenvalue weighted by atomic mass is 9.96. The van der Waals surface area contributed by atoms with Gasteiger partial charge in [-0.2, -0.15) is 0 Å². The number of rotatable bonds is 14. The number of hydrogen-bond acceptors (Lipinski definition) is 8. The molecule has 12 heteroatoms. The molecule has 1 heterocycles. The number of benzene rings is 3. The Morgan fingerprint density at radius 2 is 1.62 bits per heavy atom. The summed E-state index contributed by atoms with van der Waals surface area (Å²) < 4.78 is 5.43. The first-order valence-electron chi connectivity index (χ1n) is 15.6. The number of carboxylic acids is 1. The third-order valence-electron chi connectivity index (χ3n) is 7.81. The summed E-state index contributed by atoms with van der Waals surface area (Å²) in [5, 5.41) is 27.3. The van der Waals surface area contributed by atoms with Crippen molar-refractivity contribution in [1.29, 1.82) is 0 Å². The Balaban J connectivity index is 1.66. The third kappa shape index (κ3) is 9.53. The molecule has 0 radical (unpaired) electrons. The first kappa shape index (κ1) is 34.9. The molecule has 0 aliphatic carbocycles. The number of nitrogens with zero attached hydrogens (tertiary/aromatic N) is 2. The van der Waals surface area contributed by atoms with Crippen LogP contribution >= 0.6 is 0 Å². The van der Waals surface area contributed by atoms with Gasteiger partial charge < -0.3 is 36.2 Å². The van der Waals surface area contributed by atoms with Crippen molar-refractivity contribution in [3.05, 3.63) is 90.3 Å². The first-order valence-corrected chi connectivity index (χ1v) is 15.6. The Hall–Kier alpha value is -4.94. The number of hydrogen-bond donors (Lipinski definition) is 5. The van der Waals surface area contributed by atoms with Crippen molar-refractivity contribution in [1.82, 2.24) is 15.5 Å². The molecular formula is C35H43N5O7. The number of carbonyl (C=O) groups excluding carboxylic acids is 3. The van der Waals surface area contributed by atoms with Gasteiger partial charge in [-0.05, 0) is 36.3 Å². The van der Waals surface area contributed by atoms with E-state index in [1.807, 2.05) is 79.4 Å². The van der Waals surface area contributed by atoms with Crippen LogP contribution in [0.2, 0.25) is 0 Å². The lowest BCUT2D eigenvalue weighted by Gasteiger charge is -2.29. The van der Waals surface area contributed by atoms with E-state index in [-0.39, 0.29) is 31.5 Å². The number of aliphatic hydroxyl groups excluding tert-OH is 1. The number of anilines is 1. The summed E-state index contributed by atoms with van der Waals surface area (Å²) in [7, 11) is 0. The summed E-state index contributed by atoms with van der Waals surface area (Å²) in [5.41, 5.74) is 8.03. The van der Waals surface area contributed by atoms with Gasteiger partial charge in [0.25, 0.3) is 0 Å². The fraction of sp³-hybridized carbons (Fsp3) is 0.371. The molecule has 12 nitrogen and oxygen atoms in total. The van der Waals surface area contributed by atoms with Crippen LogP contribution in [0.25, 0.3) is 10.8 Å². The van der Waals surface area contributed by atoms with Gasteiger partial charge in [0.1, 0.15) is 19.3 Å². The van der Waals surface area contributed by atoms with E-state index in [1.165, 1.54) is 4.90 Å². The predicted molar refractivity (Wildman–Crippen MR) is 178 cm³/mol. The van der Waals surface area contributed by atoms with Gasteiger partial charge in [-0.1, -0.05) is 80.6 Å². The molecule has 0 aromatic heterocycles. The van der Waals surface area contributed by atoms with Gasteiger partial charge >= 0.3 is 12.1 Å². The van der Waals surface area contributed by atoms with Crippen molar-refractivity contribution in [3.8, 4) is 0 Å². The SMILES string of the molecule is CC(C)C[C@H](NC(=O)[C@@H](CC1=CN(C(=O)[C@H](C)N)CN1c1cccc2ccccc12)NC(=O)OCc1ccccc1)[C@@H](O)CC(=O)O. The highest BCUT2D eigenvalue weighted by Crippen LogP contribution is 2.34. The number of alkyl carbamates (subject to hydrolysis) is 1. The van der Waals surface area contributed by atoms with Crippen LogP contribution in [0.5, 0.6) is 0 Å². The topological polar surface area (TPSA) is 175 Å². The highest BCUT2D eigenvalue weighted by molar-refractivity contribution is 5.96. The van der Waals surface area contributed by atoms with Gasteiger partial charge in [0.2, 0.25) is 11.8 Å². The zero-order valence-electron chi connectivity index (χ0n) is 26.8. The maximum Gasteiger partial charge on any atom is 0.408 e. The lowest BCUT2D eigenvalue weighted by molar-refractivity contribution is -0.140. The number of fused-ring (bicyclic) bond motifs is 1. The van der Waals surface area contributed by atoms with Crippen molar-refractivity contribution < 1.29 is 34.1 Å². The highest BCUT2D eigenvalue weighted by atomic mass is 16.5. The van der Waals surface area contributed by atoms with E-state index in [0.29, 0.717) is 12.1 Å². The first-order chi connectivity index (χ1) is 22.4. The highest BCUT2D eigenvalue weighted by Gasteiger charge is 2.34. The van der Waals surface area contributed by atoms with E-state index < -0.39 is 48.6 Å². The molecule has 0 spiro atoms. The van der Waals surface area contributed by atoms with Crippen molar-refractivity contribution in [2.75, 3.05) is 11.6 Å². The quantitative estimate of drug-likeness (QED) is 0.175. The smallest absolute Gasteiger partial charge is 0.408 e. The normalized spacial score (nSPS) is 15.5. The number of amides is 3. The molecule has 0 unspecified atom stereocenters. The van der Waals surface area contributed by atoms with Gasteiger partial charge in [-0.15, -0.1) is 0 Å². The van der Waals surface area contributed by atoms with Gasteiger partial charge in [0.15, 0.2) is 0 Å². The van der Waals surface area contributed by atoms with Crippen LogP contribution in [0, 0.1) is 5.92 Å². The van der Waals surface area contributed by atoms with Crippen LogP contribution in [0.3, 0.4) is 0 Å². The van der Waals surface area contributed by atoms with Gasteiger partial charge in [0, 0.05) is 23.7 Å². The number of aliphatic carboxylic acids is 1. The molecule has 1 aliphatic rings. The number of nitrogens with one attached hydrogen (secondary N) is 2. The van der Waals surface area contributed by atoms with Crippen LogP contribution in [0.4, 0.5) is 10.5 Å². The molecule has 3 amide bonds. The number of ether oxygens (including phenoxy) is 1. The van der Waals surface area contributed by atoms with E-state index in [0.717, 1.165) is 22.0 Å². The molecule has 1 aliphatic heterocycles. The van der Waals surface area contributed by atoms with Crippen LogP contribution in [0.1, 0.15) is 45.6 Å². The Labute approximate surface area is 274 Å². The van der Waals surface area contributed by atoms with Crippen LogP contribution in [-0.2, 0) is 25.7 Å². The number of nitrogens with two attached hydrogens (primary N) is 1. The van der Waals surface area contributed by atoms with Gasteiger partial charge in [-0.3, -0.25) is 19.3 Å². The van der Waals surface area contributed by atoms with Gasteiger partial charge in [-0.25, -0.2) is 4.79 Å². The largest absolute Gasteiger partial charge is 0.481 e. The maximum atomic E-state index is 13.9. The molecule has 0 saturated carbocycles. The second-order valence-electron chi connectivity index (χ2n) is 12.2. The van der Waals surface area contributed by atoms with E-state index in [4.69, 9.17) is 10.5 Å². The van der Waals surface area contributed by atoms with Crippen LogP contribution in [0.15, 0.2) is 84.7 Å². The molecule has 3 aromatic carbocycles. The molecule has 3 aromatic rings. The summed E-state index contributed by atoms with van der Waals surface area (Å²) in [6.07, 6.45) is -0.922. The minimum absolute atomic E-state index is 0.0169. The van der Waals surface area contributed by atoms with Crippen molar-refractivity contribution in [3.63, 3.8) is 0 Å².